The Labute approximate surface area is 124 Å². The van der Waals surface area contributed by atoms with E-state index in [2.05, 4.69) is 13.0 Å². The Morgan fingerprint density at radius 1 is 1.19 bits per heavy atom. The summed E-state index contributed by atoms with van der Waals surface area (Å²) in [5.41, 5.74) is 2.96. The van der Waals surface area contributed by atoms with E-state index >= 15 is 0 Å². The average Bonchev–Trinajstić information content (AvgIpc) is 2.48. The number of carboxylic acid groups (broad SMARTS) is 1. The van der Waals surface area contributed by atoms with Gasteiger partial charge in [-0.3, -0.25) is 0 Å². The number of rotatable bonds is 5. The summed E-state index contributed by atoms with van der Waals surface area (Å²) >= 11 is 0. The van der Waals surface area contributed by atoms with Gasteiger partial charge in [-0.15, -0.1) is 0 Å². The lowest BCUT2D eigenvalue weighted by molar-refractivity contribution is -0.131. The Morgan fingerprint density at radius 3 is 2.62 bits per heavy atom. The monoisotopic (exact) mass is 282 g/mol. The molecule has 2 aromatic carbocycles. The van der Waals surface area contributed by atoms with E-state index < -0.39 is 5.97 Å². The molecule has 0 atom stereocenters. The molecule has 0 saturated carbocycles. The fraction of sp³-hybridized carbons (Fsp3) is 0.167. The van der Waals surface area contributed by atoms with Crippen LogP contribution < -0.4 is 4.74 Å². The van der Waals surface area contributed by atoms with Crippen molar-refractivity contribution in [2.24, 2.45) is 0 Å². The first kappa shape index (κ1) is 14.9. The van der Waals surface area contributed by atoms with Crippen LogP contribution in [0.25, 0.3) is 6.08 Å². The van der Waals surface area contributed by atoms with Crippen molar-refractivity contribution in [2.45, 2.75) is 20.3 Å². The van der Waals surface area contributed by atoms with Gasteiger partial charge >= 0.3 is 5.97 Å². The number of hydrogen-bond acceptors (Lipinski definition) is 2. The minimum atomic E-state index is -0.954. The van der Waals surface area contributed by atoms with Gasteiger partial charge in [-0.05, 0) is 54.3 Å². The van der Waals surface area contributed by atoms with Crippen LogP contribution in [-0.2, 0) is 11.2 Å². The van der Waals surface area contributed by atoms with E-state index in [0.29, 0.717) is 0 Å². The number of carboxylic acids is 1. The molecule has 0 aromatic heterocycles. The molecule has 0 fully saturated rings. The summed E-state index contributed by atoms with van der Waals surface area (Å²) in [5, 5.41) is 8.64. The maximum Gasteiger partial charge on any atom is 0.328 e. The SMILES string of the molecule is CCc1ccccc1Oc1ccc(C=CC(=O)O)cc1C. The Hall–Kier alpha value is -2.55. The van der Waals surface area contributed by atoms with Gasteiger partial charge in [0.1, 0.15) is 11.5 Å². The highest BCUT2D eigenvalue weighted by Crippen LogP contribution is 2.28. The zero-order chi connectivity index (χ0) is 15.2. The Bertz CT molecular complexity index is 672. The van der Waals surface area contributed by atoms with Crippen LogP contribution in [0.1, 0.15) is 23.6 Å². The standard InChI is InChI=1S/C18H18O3/c1-3-15-6-4-5-7-17(15)21-16-10-8-14(12-13(16)2)9-11-18(19)20/h4-12H,3H2,1-2H3,(H,19,20). The fourth-order valence-corrected chi connectivity index (χ4v) is 2.07. The third-order valence-electron chi connectivity index (χ3n) is 3.19. The molecule has 0 aliphatic heterocycles. The number of hydrogen-bond donors (Lipinski definition) is 1. The van der Waals surface area contributed by atoms with Gasteiger partial charge in [0.15, 0.2) is 0 Å². The minimum Gasteiger partial charge on any atom is -0.478 e. The summed E-state index contributed by atoms with van der Waals surface area (Å²) in [6, 6.07) is 13.6. The van der Waals surface area contributed by atoms with E-state index in [-0.39, 0.29) is 0 Å². The highest BCUT2D eigenvalue weighted by molar-refractivity contribution is 5.85. The van der Waals surface area contributed by atoms with Crippen molar-refractivity contribution < 1.29 is 14.6 Å². The van der Waals surface area contributed by atoms with Crippen molar-refractivity contribution in [1.29, 1.82) is 0 Å². The second-order valence-electron chi connectivity index (χ2n) is 4.76. The molecule has 2 rings (SSSR count). The van der Waals surface area contributed by atoms with E-state index in [1.54, 1.807) is 6.08 Å². The number of benzene rings is 2. The maximum absolute atomic E-state index is 10.5. The molecule has 0 spiro atoms. The molecular weight excluding hydrogens is 264 g/mol. The second-order valence-corrected chi connectivity index (χ2v) is 4.76. The van der Waals surface area contributed by atoms with Gasteiger partial charge in [0.05, 0.1) is 0 Å². The minimum absolute atomic E-state index is 0.781. The van der Waals surface area contributed by atoms with E-state index in [1.165, 1.54) is 0 Å². The Morgan fingerprint density at radius 2 is 1.95 bits per heavy atom. The van der Waals surface area contributed by atoms with Crippen molar-refractivity contribution in [2.75, 3.05) is 0 Å². The van der Waals surface area contributed by atoms with E-state index in [0.717, 1.165) is 40.7 Å². The predicted molar refractivity (Wildman–Crippen MR) is 83.7 cm³/mol. The van der Waals surface area contributed by atoms with E-state index in [9.17, 15) is 4.79 Å². The third-order valence-corrected chi connectivity index (χ3v) is 3.19. The number of para-hydroxylation sites is 1. The summed E-state index contributed by atoms with van der Waals surface area (Å²) in [4.78, 5) is 10.5. The molecule has 0 aliphatic carbocycles. The molecule has 0 heterocycles. The smallest absolute Gasteiger partial charge is 0.328 e. The van der Waals surface area contributed by atoms with Crippen LogP contribution in [0, 0.1) is 6.92 Å². The quantitative estimate of drug-likeness (QED) is 0.824. The molecule has 0 amide bonds. The largest absolute Gasteiger partial charge is 0.478 e. The zero-order valence-electron chi connectivity index (χ0n) is 12.2. The molecule has 1 N–H and O–H groups in total. The van der Waals surface area contributed by atoms with Crippen LogP contribution in [0.3, 0.4) is 0 Å². The van der Waals surface area contributed by atoms with Crippen LogP contribution in [0.4, 0.5) is 0 Å². The van der Waals surface area contributed by atoms with E-state index in [1.807, 2.05) is 43.3 Å². The maximum atomic E-state index is 10.5. The van der Waals surface area contributed by atoms with Gasteiger partial charge in [0.2, 0.25) is 0 Å². The molecule has 0 aliphatic rings. The summed E-state index contributed by atoms with van der Waals surface area (Å²) in [5.74, 6) is 0.685. The van der Waals surface area contributed by atoms with Gasteiger partial charge in [-0.1, -0.05) is 31.2 Å². The molecule has 108 valence electrons. The summed E-state index contributed by atoms with van der Waals surface area (Å²) in [6.45, 7) is 4.04. The van der Waals surface area contributed by atoms with Crippen molar-refractivity contribution in [3.63, 3.8) is 0 Å². The zero-order valence-corrected chi connectivity index (χ0v) is 12.2. The van der Waals surface area contributed by atoms with Gasteiger partial charge in [0, 0.05) is 6.08 Å². The first-order valence-corrected chi connectivity index (χ1v) is 6.87. The first-order chi connectivity index (χ1) is 10.1. The lowest BCUT2D eigenvalue weighted by Crippen LogP contribution is -1.92. The van der Waals surface area contributed by atoms with Crippen molar-refractivity contribution >= 4 is 12.0 Å². The third kappa shape index (κ3) is 3.96. The Kier molecular flexibility index (Phi) is 4.77. The fourth-order valence-electron chi connectivity index (χ4n) is 2.07. The number of aryl methyl sites for hydroxylation is 2. The van der Waals surface area contributed by atoms with Crippen molar-refractivity contribution in [3.05, 3.63) is 65.2 Å². The molecular formula is C18H18O3. The molecule has 0 saturated heterocycles. The molecule has 3 nitrogen and oxygen atoms in total. The lowest BCUT2D eigenvalue weighted by Gasteiger charge is -2.12. The average molecular weight is 282 g/mol. The van der Waals surface area contributed by atoms with Gasteiger partial charge in [-0.2, -0.15) is 0 Å². The normalized spacial score (nSPS) is 10.8. The molecule has 21 heavy (non-hydrogen) atoms. The first-order valence-electron chi connectivity index (χ1n) is 6.87. The van der Waals surface area contributed by atoms with Crippen molar-refractivity contribution in [3.8, 4) is 11.5 Å². The lowest BCUT2D eigenvalue weighted by atomic mass is 10.1. The summed E-state index contributed by atoms with van der Waals surface area (Å²) < 4.78 is 5.97. The number of carbonyl (C=O) groups is 1. The van der Waals surface area contributed by atoms with E-state index in [4.69, 9.17) is 9.84 Å². The molecule has 0 bridgehead atoms. The summed E-state index contributed by atoms with van der Waals surface area (Å²) in [7, 11) is 0. The van der Waals surface area contributed by atoms with Gasteiger partial charge in [-0.25, -0.2) is 4.79 Å². The van der Waals surface area contributed by atoms with Crippen LogP contribution >= 0.6 is 0 Å². The van der Waals surface area contributed by atoms with Crippen LogP contribution in [0.5, 0.6) is 11.5 Å². The van der Waals surface area contributed by atoms with Gasteiger partial charge in [0.25, 0.3) is 0 Å². The highest BCUT2D eigenvalue weighted by Gasteiger charge is 2.05. The van der Waals surface area contributed by atoms with Crippen molar-refractivity contribution in [1.82, 2.24) is 0 Å². The molecule has 0 unspecified atom stereocenters. The molecule has 3 heteroatoms. The molecule has 0 radical (unpaired) electrons. The summed E-state index contributed by atoms with van der Waals surface area (Å²) in [6.07, 6.45) is 3.61. The van der Waals surface area contributed by atoms with Gasteiger partial charge < -0.3 is 9.84 Å². The van der Waals surface area contributed by atoms with Crippen LogP contribution in [0.15, 0.2) is 48.5 Å². The second kappa shape index (κ2) is 6.75. The Balaban J connectivity index is 2.23. The highest BCUT2D eigenvalue weighted by atomic mass is 16.5. The van der Waals surface area contributed by atoms with Crippen LogP contribution in [-0.4, -0.2) is 11.1 Å². The number of ether oxygens (including phenoxy) is 1. The predicted octanol–water partition coefficient (Wildman–Crippen LogP) is 4.45. The van der Waals surface area contributed by atoms with Crippen LogP contribution in [0.2, 0.25) is 0 Å². The molecule has 2 aromatic rings. The number of aliphatic carboxylic acids is 1. The topological polar surface area (TPSA) is 46.5 Å².